The number of rotatable bonds is 6. The molecule has 0 aliphatic heterocycles. The van der Waals surface area contributed by atoms with Gasteiger partial charge in [-0.1, -0.05) is 37.3 Å². The summed E-state index contributed by atoms with van der Waals surface area (Å²) in [6.07, 6.45) is 1.26. The number of carbonyl (C=O) groups excluding carboxylic acids is 1. The van der Waals surface area contributed by atoms with E-state index in [1.165, 1.54) is 5.56 Å². The summed E-state index contributed by atoms with van der Waals surface area (Å²) >= 11 is 0. The fourth-order valence-corrected chi connectivity index (χ4v) is 1.76. The summed E-state index contributed by atoms with van der Waals surface area (Å²) in [6, 6.07) is 10.4. The third-order valence-electron chi connectivity index (χ3n) is 3.07. The van der Waals surface area contributed by atoms with Gasteiger partial charge in [0.15, 0.2) is 0 Å². The van der Waals surface area contributed by atoms with E-state index in [4.69, 9.17) is 5.73 Å². The molecule has 1 aromatic rings. The average molecular weight is 234 g/mol. The Balaban J connectivity index is 2.47. The van der Waals surface area contributed by atoms with Crippen molar-refractivity contribution in [3.8, 4) is 0 Å². The molecule has 0 saturated carbocycles. The predicted molar refractivity (Wildman–Crippen MR) is 70.8 cm³/mol. The third-order valence-corrected chi connectivity index (χ3v) is 3.07. The highest BCUT2D eigenvalue weighted by molar-refractivity contribution is 5.76. The third kappa shape index (κ3) is 4.57. The van der Waals surface area contributed by atoms with Crippen molar-refractivity contribution in [1.82, 2.24) is 5.32 Å². The molecule has 0 aliphatic carbocycles. The zero-order valence-corrected chi connectivity index (χ0v) is 10.6. The van der Waals surface area contributed by atoms with E-state index in [1.54, 1.807) is 0 Å². The molecule has 0 bridgehead atoms. The fraction of sp³-hybridized carbons (Fsp3) is 0.500. The van der Waals surface area contributed by atoms with Crippen molar-refractivity contribution in [2.75, 3.05) is 6.54 Å². The van der Waals surface area contributed by atoms with E-state index in [9.17, 15) is 4.79 Å². The molecule has 0 aromatic heterocycles. The minimum Gasteiger partial charge on any atom is -0.353 e. The van der Waals surface area contributed by atoms with Gasteiger partial charge in [-0.15, -0.1) is 0 Å². The number of carbonyl (C=O) groups is 1. The monoisotopic (exact) mass is 234 g/mol. The second-order valence-electron chi connectivity index (χ2n) is 4.45. The zero-order chi connectivity index (χ0) is 12.7. The van der Waals surface area contributed by atoms with Gasteiger partial charge in [-0.05, 0) is 25.5 Å². The molecule has 0 spiro atoms. The Hall–Kier alpha value is -1.35. The largest absolute Gasteiger partial charge is 0.353 e. The van der Waals surface area contributed by atoms with E-state index in [0.29, 0.717) is 18.9 Å². The molecule has 3 nitrogen and oxygen atoms in total. The lowest BCUT2D eigenvalue weighted by atomic mass is 9.94. The Bertz CT molecular complexity index is 337. The van der Waals surface area contributed by atoms with Crippen LogP contribution in [0.3, 0.4) is 0 Å². The highest BCUT2D eigenvalue weighted by atomic mass is 16.1. The van der Waals surface area contributed by atoms with Gasteiger partial charge in [0.1, 0.15) is 0 Å². The molecule has 0 fully saturated rings. The SMILES string of the molecule is CC(NC(=O)CCCN)C(C)c1ccccc1. The van der Waals surface area contributed by atoms with E-state index < -0.39 is 0 Å². The second-order valence-corrected chi connectivity index (χ2v) is 4.45. The van der Waals surface area contributed by atoms with Crippen LogP contribution in [0.5, 0.6) is 0 Å². The van der Waals surface area contributed by atoms with Gasteiger partial charge in [-0.25, -0.2) is 0 Å². The molecule has 0 saturated heterocycles. The van der Waals surface area contributed by atoms with E-state index in [2.05, 4.69) is 24.4 Å². The Kier molecular flexibility index (Phi) is 5.70. The van der Waals surface area contributed by atoms with Crippen molar-refractivity contribution in [2.24, 2.45) is 5.73 Å². The van der Waals surface area contributed by atoms with Gasteiger partial charge in [0.05, 0.1) is 0 Å². The Morgan fingerprint density at radius 2 is 1.94 bits per heavy atom. The first-order valence-electron chi connectivity index (χ1n) is 6.19. The minimum absolute atomic E-state index is 0.0886. The Labute approximate surface area is 103 Å². The number of nitrogens with one attached hydrogen (secondary N) is 1. The van der Waals surface area contributed by atoms with Crippen molar-refractivity contribution < 1.29 is 4.79 Å². The number of nitrogens with two attached hydrogens (primary N) is 1. The standard InChI is InChI=1S/C14H22N2O/c1-11(13-7-4-3-5-8-13)12(2)16-14(17)9-6-10-15/h3-5,7-8,11-12H,6,9-10,15H2,1-2H3,(H,16,17). The molecule has 3 N–H and O–H groups in total. The lowest BCUT2D eigenvalue weighted by molar-refractivity contribution is -0.121. The van der Waals surface area contributed by atoms with Crippen LogP contribution in [-0.4, -0.2) is 18.5 Å². The van der Waals surface area contributed by atoms with Crippen LogP contribution in [0.2, 0.25) is 0 Å². The molecule has 0 radical (unpaired) electrons. The highest BCUT2D eigenvalue weighted by Crippen LogP contribution is 2.18. The Morgan fingerprint density at radius 1 is 1.29 bits per heavy atom. The normalized spacial score (nSPS) is 14.1. The molecular weight excluding hydrogens is 212 g/mol. The van der Waals surface area contributed by atoms with Crippen molar-refractivity contribution >= 4 is 5.91 Å². The fourth-order valence-electron chi connectivity index (χ4n) is 1.76. The first-order chi connectivity index (χ1) is 8.15. The molecule has 2 unspecified atom stereocenters. The quantitative estimate of drug-likeness (QED) is 0.791. The van der Waals surface area contributed by atoms with Crippen LogP contribution in [0.25, 0.3) is 0 Å². The van der Waals surface area contributed by atoms with E-state index in [0.717, 1.165) is 6.42 Å². The van der Waals surface area contributed by atoms with Crippen LogP contribution in [0.1, 0.15) is 38.2 Å². The summed E-state index contributed by atoms with van der Waals surface area (Å²) in [5.41, 5.74) is 6.63. The smallest absolute Gasteiger partial charge is 0.220 e. The number of hydrogen-bond acceptors (Lipinski definition) is 2. The summed E-state index contributed by atoms with van der Waals surface area (Å²) < 4.78 is 0. The van der Waals surface area contributed by atoms with Crippen LogP contribution >= 0.6 is 0 Å². The van der Waals surface area contributed by atoms with Crippen LogP contribution in [0.15, 0.2) is 30.3 Å². The predicted octanol–water partition coefficient (Wildman–Crippen LogP) is 2.03. The molecular formula is C14H22N2O. The van der Waals surface area contributed by atoms with Crippen LogP contribution in [0, 0.1) is 0 Å². The minimum atomic E-state index is 0.0886. The van der Waals surface area contributed by atoms with Gasteiger partial charge in [0.25, 0.3) is 0 Å². The summed E-state index contributed by atoms with van der Waals surface area (Å²) in [6.45, 7) is 4.73. The zero-order valence-electron chi connectivity index (χ0n) is 10.6. The van der Waals surface area contributed by atoms with Crippen LogP contribution < -0.4 is 11.1 Å². The molecule has 1 rings (SSSR count). The number of hydrogen-bond donors (Lipinski definition) is 2. The topological polar surface area (TPSA) is 55.1 Å². The van der Waals surface area contributed by atoms with Crippen molar-refractivity contribution in [2.45, 2.75) is 38.6 Å². The maximum atomic E-state index is 11.6. The number of amides is 1. The van der Waals surface area contributed by atoms with Crippen molar-refractivity contribution in [3.63, 3.8) is 0 Å². The molecule has 1 amide bonds. The molecule has 94 valence electrons. The molecule has 2 atom stereocenters. The van der Waals surface area contributed by atoms with Gasteiger partial charge in [0.2, 0.25) is 5.91 Å². The van der Waals surface area contributed by atoms with Gasteiger partial charge >= 0.3 is 0 Å². The van der Waals surface area contributed by atoms with Gasteiger partial charge in [-0.3, -0.25) is 4.79 Å². The van der Waals surface area contributed by atoms with E-state index >= 15 is 0 Å². The first kappa shape index (κ1) is 13.7. The number of benzene rings is 1. The summed E-state index contributed by atoms with van der Waals surface area (Å²) in [5, 5.41) is 3.02. The van der Waals surface area contributed by atoms with Gasteiger partial charge in [-0.2, -0.15) is 0 Å². The molecule has 0 heterocycles. The van der Waals surface area contributed by atoms with Gasteiger partial charge < -0.3 is 11.1 Å². The van der Waals surface area contributed by atoms with Crippen LogP contribution in [0.4, 0.5) is 0 Å². The summed E-state index contributed by atoms with van der Waals surface area (Å²) in [5.74, 6) is 0.406. The second kappa shape index (κ2) is 7.07. The first-order valence-corrected chi connectivity index (χ1v) is 6.19. The summed E-state index contributed by atoms with van der Waals surface area (Å²) in [4.78, 5) is 11.6. The lowest BCUT2D eigenvalue weighted by Crippen LogP contribution is -2.36. The Morgan fingerprint density at radius 3 is 2.53 bits per heavy atom. The molecule has 17 heavy (non-hydrogen) atoms. The highest BCUT2D eigenvalue weighted by Gasteiger charge is 2.15. The van der Waals surface area contributed by atoms with E-state index in [-0.39, 0.29) is 11.9 Å². The van der Waals surface area contributed by atoms with Crippen molar-refractivity contribution in [1.29, 1.82) is 0 Å². The van der Waals surface area contributed by atoms with E-state index in [1.807, 2.05) is 25.1 Å². The average Bonchev–Trinajstić information content (AvgIpc) is 2.36. The molecule has 0 aliphatic rings. The molecule has 1 aromatic carbocycles. The van der Waals surface area contributed by atoms with Crippen molar-refractivity contribution in [3.05, 3.63) is 35.9 Å². The maximum absolute atomic E-state index is 11.6. The van der Waals surface area contributed by atoms with Crippen LogP contribution in [-0.2, 0) is 4.79 Å². The summed E-state index contributed by atoms with van der Waals surface area (Å²) in [7, 11) is 0. The maximum Gasteiger partial charge on any atom is 0.220 e. The lowest BCUT2D eigenvalue weighted by Gasteiger charge is -2.21. The molecule has 3 heteroatoms. The van der Waals surface area contributed by atoms with Gasteiger partial charge in [0, 0.05) is 18.4 Å².